The fourth-order valence-electron chi connectivity index (χ4n) is 1.38. The van der Waals surface area contributed by atoms with Crippen LogP contribution in [0.15, 0.2) is 16.9 Å². The topological polar surface area (TPSA) is 81.2 Å². The van der Waals surface area contributed by atoms with E-state index in [2.05, 4.69) is 15.0 Å². The van der Waals surface area contributed by atoms with Crippen molar-refractivity contribution in [3.8, 4) is 0 Å². The summed E-state index contributed by atoms with van der Waals surface area (Å²) in [5.74, 6) is -0.540. The molecule has 0 aliphatic heterocycles. The third kappa shape index (κ3) is 3.30. The van der Waals surface area contributed by atoms with Gasteiger partial charge < -0.3 is 15.6 Å². The maximum Gasteiger partial charge on any atom is 0.230 e. The molecule has 5 nitrogen and oxygen atoms in total. The van der Waals surface area contributed by atoms with Crippen molar-refractivity contribution in [2.45, 2.75) is 20.4 Å². The predicted octanol–water partition coefficient (Wildman–Crippen LogP) is 0.849. The van der Waals surface area contributed by atoms with Gasteiger partial charge in [-0.3, -0.25) is 4.79 Å². The molecule has 88 valence electrons. The van der Waals surface area contributed by atoms with E-state index >= 15 is 0 Å². The van der Waals surface area contributed by atoms with Gasteiger partial charge in [-0.05, 0) is 5.92 Å². The summed E-state index contributed by atoms with van der Waals surface area (Å²) in [4.78, 5) is 12.0. The van der Waals surface area contributed by atoms with Gasteiger partial charge in [0.1, 0.15) is 12.0 Å². The van der Waals surface area contributed by atoms with Crippen molar-refractivity contribution in [2.75, 3.05) is 0 Å². The first-order chi connectivity index (χ1) is 7.52. The Morgan fingerprint density at radius 3 is 2.81 bits per heavy atom. The molecule has 0 aliphatic carbocycles. The van der Waals surface area contributed by atoms with Crippen LogP contribution in [-0.2, 0) is 11.3 Å². The molecule has 1 rings (SSSR count). The van der Waals surface area contributed by atoms with E-state index in [0.29, 0.717) is 12.2 Å². The third-order valence-corrected chi connectivity index (χ3v) is 2.44. The normalized spacial score (nSPS) is 12.4. The van der Waals surface area contributed by atoms with Crippen molar-refractivity contribution in [1.82, 2.24) is 10.5 Å². The van der Waals surface area contributed by atoms with Crippen LogP contribution in [0.25, 0.3) is 0 Å². The Balaban J connectivity index is 2.53. The standard InChI is InChI=1S/C10H15N3O2S/c1-6(2)8(9(11)16)10(14)12-5-7-3-4-15-13-7/h3-4,6,8H,5H2,1-2H3,(H2,11,16)(H,12,14). The Labute approximate surface area is 99.4 Å². The molecule has 0 bridgehead atoms. The Morgan fingerprint density at radius 1 is 1.69 bits per heavy atom. The highest BCUT2D eigenvalue weighted by molar-refractivity contribution is 7.80. The van der Waals surface area contributed by atoms with Crippen LogP contribution in [-0.4, -0.2) is 16.1 Å². The molecule has 0 spiro atoms. The monoisotopic (exact) mass is 241 g/mol. The van der Waals surface area contributed by atoms with E-state index in [1.807, 2.05) is 13.8 Å². The maximum absolute atomic E-state index is 11.8. The molecule has 0 saturated carbocycles. The van der Waals surface area contributed by atoms with Gasteiger partial charge in [0.15, 0.2) is 0 Å². The fraction of sp³-hybridized carbons (Fsp3) is 0.500. The van der Waals surface area contributed by atoms with Gasteiger partial charge in [-0.25, -0.2) is 0 Å². The quantitative estimate of drug-likeness (QED) is 0.747. The zero-order chi connectivity index (χ0) is 12.1. The summed E-state index contributed by atoms with van der Waals surface area (Å²) in [7, 11) is 0. The number of carbonyl (C=O) groups is 1. The van der Waals surface area contributed by atoms with Gasteiger partial charge in [-0.15, -0.1) is 0 Å². The highest BCUT2D eigenvalue weighted by Gasteiger charge is 2.24. The number of thiocarbonyl (C=S) groups is 1. The number of nitrogens with one attached hydrogen (secondary N) is 1. The van der Waals surface area contributed by atoms with Gasteiger partial charge in [0.25, 0.3) is 0 Å². The highest BCUT2D eigenvalue weighted by Crippen LogP contribution is 2.11. The number of hydrogen-bond acceptors (Lipinski definition) is 4. The first-order valence-corrected chi connectivity index (χ1v) is 5.39. The van der Waals surface area contributed by atoms with Gasteiger partial charge in [-0.1, -0.05) is 31.2 Å². The van der Waals surface area contributed by atoms with Crippen LogP contribution >= 0.6 is 12.2 Å². The molecule has 1 aromatic heterocycles. The number of hydrogen-bond donors (Lipinski definition) is 2. The molecule has 1 amide bonds. The van der Waals surface area contributed by atoms with Crippen LogP contribution in [0, 0.1) is 11.8 Å². The molecule has 0 fully saturated rings. The fourth-order valence-corrected chi connectivity index (χ4v) is 1.76. The van der Waals surface area contributed by atoms with Crippen molar-refractivity contribution < 1.29 is 9.32 Å². The summed E-state index contributed by atoms with van der Waals surface area (Å²) in [5.41, 5.74) is 6.19. The molecular weight excluding hydrogens is 226 g/mol. The summed E-state index contributed by atoms with van der Waals surface area (Å²) >= 11 is 4.87. The molecule has 1 atom stereocenters. The van der Waals surface area contributed by atoms with Crippen molar-refractivity contribution in [1.29, 1.82) is 0 Å². The lowest BCUT2D eigenvalue weighted by atomic mass is 9.95. The van der Waals surface area contributed by atoms with E-state index in [4.69, 9.17) is 18.0 Å². The summed E-state index contributed by atoms with van der Waals surface area (Å²) in [6, 6.07) is 1.69. The molecule has 0 aliphatic rings. The average Bonchev–Trinajstić information content (AvgIpc) is 2.65. The van der Waals surface area contributed by atoms with Crippen LogP contribution in [0.4, 0.5) is 0 Å². The molecule has 1 aromatic rings. The number of amides is 1. The van der Waals surface area contributed by atoms with Crippen molar-refractivity contribution in [3.05, 3.63) is 18.0 Å². The van der Waals surface area contributed by atoms with Gasteiger partial charge in [0.05, 0.1) is 17.5 Å². The number of carbonyl (C=O) groups excluding carboxylic acids is 1. The number of nitrogens with zero attached hydrogens (tertiary/aromatic N) is 1. The highest BCUT2D eigenvalue weighted by atomic mass is 32.1. The van der Waals surface area contributed by atoms with E-state index in [1.165, 1.54) is 6.26 Å². The molecule has 3 N–H and O–H groups in total. The summed E-state index contributed by atoms with van der Waals surface area (Å²) in [5, 5.41) is 6.40. The van der Waals surface area contributed by atoms with Gasteiger partial charge in [-0.2, -0.15) is 0 Å². The number of aromatic nitrogens is 1. The summed E-state index contributed by atoms with van der Waals surface area (Å²) < 4.78 is 4.65. The van der Waals surface area contributed by atoms with Crippen LogP contribution in [0.5, 0.6) is 0 Å². The molecule has 6 heteroatoms. The minimum atomic E-state index is -0.443. The predicted molar refractivity (Wildman–Crippen MR) is 63.5 cm³/mol. The van der Waals surface area contributed by atoms with Crippen LogP contribution in [0.3, 0.4) is 0 Å². The molecule has 1 heterocycles. The molecular formula is C10H15N3O2S. The summed E-state index contributed by atoms with van der Waals surface area (Å²) in [6.07, 6.45) is 1.45. The second kappa shape index (κ2) is 5.60. The number of nitrogens with two attached hydrogens (primary N) is 1. The number of rotatable bonds is 5. The van der Waals surface area contributed by atoms with Crippen LogP contribution < -0.4 is 11.1 Å². The minimum absolute atomic E-state index is 0.0785. The third-order valence-electron chi connectivity index (χ3n) is 2.19. The Hall–Kier alpha value is -1.43. The van der Waals surface area contributed by atoms with Gasteiger partial charge in [0, 0.05) is 6.07 Å². The summed E-state index contributed by atoms with van der Waals surface area (Å²) in [6.45, 7) is 4.13. The Bertz CT molecular complexity index is 362. The molecule has 1 unspecified atom stereocenters. The molecule has 0 radical (unpaired) electrons. The zero-order valence-electron chi connectivity index (χ0n) is 9.27. The Morgan fingerprint density at radius 2 is 2.38 bits per heavy atom. The first-order valence-electron chi connectivity index (χ1n) is 4.98. The Kier molecular flexibility index (Phi) is 4.42. The van der Waals surface area contributed by atoms with Crippen molar-refractivity contribution in [2.24, 2.45) is 17.6 Å². The maximum atomic E-state index is 11.8. The van der Waals surface area contributed by atoms with Gasteiger partial charge >= 0.3 is 0 Å². The smallest absolute Gasteiger partial charge is 0.230 e. The molecule has 16 heavy (non-hydrogen) atoms. The minimum Gasteiger partial charge on any atom is -0.393 e. The van der Waals surface area contributed by atoms with E-state index < -0.39 is 5.92 Å². The van der Waals surface area contributed by atoms with Crippen LogP contribution in [0.1, 0.15) is 19.5 Å². The SMILES string of the molecule is CC(C)C(C(=O)NCc1ccon1)C(N)=S. The van der Waals surface area contributed by atoms with Crippen LogP contribution in [0.2, 0.25) is 0 Å². The van der Waals surface area contributed by atoms with Gasteiger partial charge in [0.2, 0.25) is 5.91 Å². The molecule has 0 aromatic carbocycles. The van der Waals surface area contributed by atoms with E-state index in [-0.39, 0.29) is 16.8 Å². The lowest BCUT2D eigenvalue weighted by Gasteiger charge is -2.18. The zero-order valence-corrected chi connectivity index (χ0v) is 10.1. The van der Waals surface area contributed by atoms with E-state index in [1.54, 1.807) is 6.07 Å². The lowest BCUT2D eigenvalue weighted by molar-refractivity contribution is -0.124. The van der Waals surface area contributed by atoms with E-state index in [0.717, 1.165) is 0 Å². The molecule has 0 saturated heterocycles. The average molecular weight is 241 g/mol. The van der Waals surface area contributed by atoms with Crippen molar-refractivity contribution in [3.63, 3.8) is 0 Å². The van der Waals surface area contributed by atoms with E-state index in [9.17, 15) is 4.79 Å². The first kappa shape index (κ1) is 12.6. The second-order valence-corrected chi connectivity index (χ2v) is 4.30. The second-order valence-electron chi connectivity index (χ2n) is 3.83. The van der Waals surface area contributed by atoms with Crippen molar-refractivity contribution >= 4 is 23.1 Å². The largest absolute Gasteiger partial charge is 0.393 e. The lowest BCUT2D eigenvalue weighted by Crippen LogP contribution is -2.40.